The summed E-state index contributed by atoms with van der Waals surface area (Å²) >= 11 is 1.53. The first-order chi connectivity index (χ1) is 15.5. The average molecular weight is 450 g/mol. The van der Waals surface area contributed by atoms with Crippen molar-refractivity contribution in [3.8, 4) is 22.8 Å². The summed E-state index contributed by atoms with van der Waals surface area (Å²) in [6, 6.07) is 16.2. The predicted octanol–water partition coefficient (Wildman–Crippen LogP) is 5.87. The Bertz CT molecular complexity index is 1180. The van der Waals surface area contributed by atoms with Crippen LogP contribution in [0.4, 0.5) is 0 Å². The molecule has 0 radical (unpaired) electrons. The van der Waals surface area contributed by atoms with Crippen molar-refractivity contribution in [2.24, 2.45) is 0 Å². The second-order valence-corrected chi connectivity index (χ2v) is 9.00. The van der Waals surface area contributed by atoms with Crippen molar-refractivity contribution in [2.75, 3.05) is 7.11 Å². The van der Waals surface area contributed by atoms with Crippen LogP contribution >= 0.6 is 11.8 Å². The molecular weight excluding hydrogens is 422 g/mol. The van der Waals surface area contributed by atoms with Crippen LogP contribution in [-0.4, -0.2) is 32.1 Å². The lowest BCUT2D eigenvalue weighted by Gasteiger charge is -2.17. The summed E-state index contributed by atoms with van der Waals surface area (Å²) in [6.45, 7) is 8.44. The molecule has 0 aliphatic heterocycles. The fourth-order valence-electron chi connectivity index (χ4n) is 3.37. The predicted molar refractivity (Wildman–Crippen MR) is 125 cm³/mol. The van der Waals surface area contributed by atoms with Gasteiger partial charge < -0.3 is 9.15 Å². The maximum absolute atomic E-state index is 5.78. The third-order valence-corrected chi connectivity index (χ3v) is 6.00. The lowest BCUT2D eigenvalue weighted by Crippen LogP contribution is -2.05. The molecule has 4 rings (SSSR count). The van der Waals surface area contributed by atoms with Crippen LogP contribution in [-0.2, 0) is 5.75 Å². The van der Waals surface area contributed by atoms with Crippen molar-refractivity contribution in [3.63, 3.8) is 0 Å². The van der Waals surface area contributed by atoms with Gasteiger partial charge in [0.2, 0.25) is 11.8 Å². The van der Waals surface area contributed by atoms with Gasteiger partial charge >= 0.3 is 0 Å². The van der Waals surface area contributed by atoms with Crippen molar-refractivity contribution in [3.05, 3.63) is 65.9 Å². The van der Waals surface area contributed by atoms with Gasteiger partial charge in [-0.2, -0.15) is 0 Å². The van der Waals surface area contributed by atoms with Gasteiger partial charge in [-0.1, -0.05) is 57.7 Å². The highest BCUT2D eigenvalue weighted by molar-refractivity contribution is 7.98. The number of nitrogens with zero attached hydrogens (tertiary/aromatic N) is 5. The van der Waals surface area contributed by atoms with Crippen molar-refractivity contribution in [2.45, 2.75) is 50.4 Å². The summed E-state index contributed by atoms with van der Waals surface area (Å²) in [5, 5.41) is 18.2. The molecule has 0 aliphatic carbocycles. The zero-order valence-corrected chi connectivity index (χ0v) is 19.8. The number of thioether (sulfide) groups is 1. The fraction of sp³-hybridized carbons (Fsp3) is 0.333. The first-order valence-electron chi connectivity index (χ1n) is 10.6. The third kappa shape index (κ3) is 4.55. The summed E-state index contributed by atoms with van der Waals surface area (Å²) in [6.07, 6.45) is 0. The molecule has 0 saturated carbocycles. The minimum atomic E-state index is 0.199. The summed E-state index contributed by atoms with van der Waals surface area (Å²) in [7, 11) is 1.66. The summed E-state index contributed by atoms with van der Waals surface area (Å²) in [5.74, 6) is 3.86. The second-order valence-electron chi connectivity index (χ2n) is 8.06. The van der Waals surface area contributed by atoms with Gasteiger partial charge in [0.25, 0.3) is 0 Å². The monoisotopic (exact) mass is 449 g/mol. The molecule has 0 spiro atoms. The molecule has 0 fully saturated rings. The van der Waals surface area contributed by atoms with E-state index in [9.17, 15) is 0 Å². The Hall–Kier alpha value is -3.13. The maximum Gasteiger partial charge on any atom is 0.226 e. The number of methoxy groups -OCH3 is 1. The Balaban J connectivity index is 1.75. The maximum atomic E-state index is 5.78. The van der Waals surface area contributed by atoms with E-state index < -0.39 is 0 Å². The standard InChI is InChI=1S/C24H27N5O2S/c1-15(2)19-8-6-7-9-20(19)29-22(17-10-12-18(30-5)13-11-17)26-28-24(29)32-14-21-25-27-23(31-21)16(3)4/h6-13,15-16H,14H2,1-5H3. The highest BCUT2D eigenvalue weighted by Crippen LogP contribution is 2.33. The number of benzene rings is 2. The zero-order chi connectivity index (χ0) is 22.7. The molecule has 0 N–H and O–H groups in total. The van der Waals surface area contributed by atoms with Gasteiger partial charge in [0.05, 0.1) is 18.6 Å². The largest absolute Gasteiger partial charge is 0.497 e. The van der Waals surface area contributed by atoms with E-state index in [0.29, 0.717) is 23.5 Å². The highest BCUT2D eigenvalue weighted by Gasteiger charge is 2.20. The van der Waals surface area contributed by atoms with E-state index in [0.717, 1.165) is 28.0 Å². The van der Waals surface area contributed by atoms with E-state index in [2.05, 4.69) is 57.0 Å². The van der Waals surface area contributed by atoms with Crippen LogP contribution in [0.1, 0.15) is 56.9 Å². The second kappa shape index (κ2) is 9.56. The Kier molecular flexibility index (Phi) is 6.60. The molecule has 32 heavy (non-hydrogen) atoms. The molecule has 2 aromatic carbocycles. The van der Waals surface area contributed by atoms with Gasteiger partial charge in [0.15, 0.2) is 11.0 Å². The Labute approximate surface area is 192 Å². The van der Waals surface area contributed by atoms with E-state index >= 15 is 0 Å². The normalized spacial score (nSPS) is 11.5. The molecule has 4 aromatic rings. The molecular formula is C24H27N5O2S. The van der Waals surface area contributed by atoms with Gasteiger partial charge in [-0.05, 0) is 41.8 Å². The van der Waals surface area contributed by atoms with Gasteiger partial charge in [0, 0.05) is 11.5 Å². The lowest BCUT2D eigenvalue weighted by atomic mass is 10.0. The third-order valence-electron chi connectivity index (χ3n) is 5.08. The van der Waals surface area contributed by atoms with Crippen molar-refractivity contribution >= 4 is 11.8 Å². The van der Waals surface area contributed by atoms with Crippen LogP contribution in [0, 0.1) is 0 Å². The number of rotatable bonds is 8. The molecule has 2 heterocycles. The van der Waals surface area contributed by atoms with Crippen LogP contribution in [0.2, 0.25) is 0 Å². The zero-order valence-electron chi connectivity index (χ0n) is 18.9. The van der Waals surface area contributed by atoms with E-state index in [1.54, 1.807) is 7.11 Å². The van der Waals surface area contributed by atoms with E-state index in [4.69, 9.17) is 9.15 Å². The smallest absolute Gasteiger partial charge is 0.226 e. The van der Waals surface area contributed by atoms with Crippen LogP contribution in [0.5, 0.6) is 5.75 Å². The number of hydrogen-bond donors (Lipinski definition) is 0. The van der Waals surface area contributed by atoms with Gasteiger partial charge in [-0.25, -0.2) is 0 Å². The molecule has 0 bridgehead atoms. The lowest BCUT2D eigenvalue weighted by molar-refractivity contribution is 0.415. The summed E-state index contributed by atoms with van der Waals surface area (Å²) < 4.78 is 13.2. The average Bonchev–Trinajstić information content (AvgIpc) is 3.45. The molecule has 0 atom stereocenters. The molecule has 0 amide bonds. The molecule has 166 valence electrons. The molecule has 2 aromatic heterocycles. The van der Waals surface area contributed by atoms with Crippen LogP contribution in [0.15, 0.2) is 58.1 Å². The molecule has 8 heteroatoms. The summed E-state index contributed by atoms with van der Waals surface area (Å²) in [4.78, 5) is 0. The Morgan fingerprint density at radius 1 is 0.906 bits per heavy atom. The van der Waals surface area contributed by atoms with Crippen molar-refractivity contribution < 1.29 is 9.15 Å². The molecule has 0 aliphatic rings. The number of hydrogen-bond acceptors (Lipinski definition) is 7. The molecule has 0 saturated heterocycles. The SMILES string of the molecule is COc1ccc(-c2nnc(SCc3nnc(C(C)C)o3)n2-c2ccccc2C(C)C)cc1. The number of aromatic nitrogens is 5. The van der Waals surface area contributed by atoms with Crippen LogP contribution in [0.25, 0.3) is 17.1 Å². The van der Waals surface area contributed by atoms with Gasteiger partial charge in [-0.15, -0.1) is 20.4 Å². The van der Waals surface area contributed by atoms with E-state index in [1.165, 1.54) is 17.3 Å². The number of para-hydroxylation sites is 1. The van der Waals surface area contributed by atoms with E-state index in [1.807, 2.05) is 44.2 Å². The topological polar surface area (TPSA) is 78.9 Å². The first-order valence-corrected chi connectivity index (χ1v) is 11.6. The van der Waals surface area contributed by atoms with Gasteiger partial charge in [0.1, 0.15) is 5.75 Å². The summed E-state index contributed by atoms with van der Waals surface area (Å²) in [5.41, 5.74) is 3.25. The first kappa shape index (κ1) is 22.1. The Morgan fingerprint density at radius 3 is 2.31 bits per heavy atom. The highest BCUT2D eigenvalue weighted by atomic mass is 32.2. The minimum absolute atomic E-state index is 0.199. The van der Waals surface area contributed by atoms with Crippen LogP contribution < -0.4 is 4.74 Å². The number of ether oxygens (including phenoxy) is 1. The van der Waals surface area contributed by atoms with Crippen molar-refractivity contribution in [1.82, 2.24) is 25.0 Å². The fourth-order valence-corrected chi connectivity index (χ4v) is 4.15. The van der Waals surface area contributed by atoms with E-state index in [-0.39, 0.29) is 5.92 Å². The van der Waals surface area contributed by atoms with Gasteiger partial charge in [-0.3, -0.25) is 4.57 Å². The quantitative estimate of drug-likeness (QED) is 0.311. The molecule has 0 unspecified atom stereocenters. The van der Waals surface area contributed by atoms with Crippen LogP contribution in [0.3, 0.4) is 0 Å². The Morgan fingerprint density at radius 2 is 1.66 bits per heavy atom. The molecule has 7 nitrogen and oxygen atoms in total. The van der Waals surface area contributed by atoms with Crippen molar-refractivity contribution in [1.29, 1.82) is 0 Å². The minimum Gasteiger partial charge on any atom is -0.497 e.